The van der Waals surface area contributed by atoms with E-state index >= 15 is 0 Å². The van der Waals surface area contributed by atoms with E-state index in [1.54, 1.807) is 0 Å². The Bertz CT molecular complexity index is 330. The molecule has 0 radical (unpaired) electrons. The molecule has 0 aliphatic heterocycles. The summed E-state index contributed by atoms with van der Waals surface area (Å²) in [6, 6.07) is 0. The molecule has 0 spiro atoms. The highest BCUT2D eigenvalue weighted by Gasteiger charge is 2.34. The molecule has 0 N–H and O–H groups in total. The molecule has 0 atom stereocenters. The standard InChI is InChI=1S/C14H27BrO2S/c1-3-4-5-13-6-8-14(12-15,9-7-13)10-11-18(2,16)17/h13H,3-12H2,1-2H3. The van der Waals surface area contributed by atoms with Crippen LogP contribution in [-0.4, -0.2) is 25.8 Å². The van der Waals surface area contributed by atoms with Crippen molar-refractivity contribution in [1.82, 2.24) is 0 Å². The molecule has 0 aromatic heterocycles. The second kappa shape index (κ2) is 7.28. The Labute approximate surface area is 121 Å². The molecule has 1 saturated carbocycles. The molecular weight excluding hydrogens is 312 g/mol. The van der Waals surface area contributed by atoms with Gasteiger partial charge in [-0.1, -0.05) is 42.1 Å². The second-order valence-corrected chi connectivity index (χ2v) is 8.92. The maximum atomic E-state index is 11.3. The average molecular weight is 339 g/mol. The molecule has 0 heterocycles. The zero-order chi connectivity index (χ0) is 13.6. The van der Waals surface area contributed by atoms with Gasteiger partial charge in [0.1, 0.15) is 9.84 Å². The summed E-state index contributed by atoms with van der Waals surface area (Å²) in [5.41, 5.74) is 0.242. The lowest BCUT2D eigenvalue weighted by Gasteiger charge is -2.39. The summed E-state index contributed by atoms with van der Waals surface area (Å²) in [7, 11) is -2.82. The van der Waals surface area contributed by atoms with Gasteiger partial charge in [0.05, 0.1) is 5.75 Å². The molecule has 4 heteroatoms. The summed E-state index contributed by atoms with van der Waals surface area (Å²) in [6.45, 7) is 2.25. The SMILES string of the molecule is CCCCC1CCC(CBr)(CCS(C)(=O)=O)CC1. The van der Waals surface area contributed by atoms with Crippen LogP contribution >= 0.6 is 15.9 Å². The molecule has 1 aliphatic rings. The first-order valence-electron chi connectivity index (χ1n) is 7.14. The summed E-state index contributed by atoms with van der Waals surface area (Å²) in [5.74, 6) is 1.23. The summed E-state index contributed by atoms with van der Waals surface area (Å²) in [5, 5.41) is 0.954. The molecule has 0 aromatic carbocycles. The number of hydrogen-bond donors (Lipinski definition) is 0. The molecule has 1 fully saturated rings. The zero-order valence-corrected chi connectivity index (χ0v) is 14.2. The van der Waals surface area contributed by atoms with E-state index in [0.29, 0.717) is 5.75 Å². The Kier molecular flexibility index (Phi) is 6.66. The fourth-order valence-electron chi connectivity index (χ4n) is 2.92. The van der Waals surface area contributed by atoms with Crippen molar-refractivity contribution in [3.8, 4) is 0 Å². The quantitative estimate of drug-likeness (QED) is 0.652. The molecule has 0 aromatic rings. The molecule has 0 amide bonds. The van der Waals surface area contributed by atoms with Gasteiger partial charge in [-0.2, -0.15) is 0 Å². The van der Waals surface area contributed by atoms with E-state index in [0.717, 1.165) is 17.7 Å². The van der Waals surface area contributed by atoms with Crippen molar-refractivity contribution in [2.45, 2.75) is 58.3 Å². The molecule has 1 rings (SSSR count). The summed E-state index contributed by atoms with van der Waals surface area (Å²) in [6.07, 6.45) is 11.1. The Morgan fingerprint density at radius 1 is 1.28 bits per heavy atom. The van der Waals surface area contributed by atoms with Crippen LogP contribution in [0.3, 0.4) is 0 Å². The highest BCUT2D eigenvalue weighted by atomic mass is 79.9. The summed E-state index contributed by atoms with van der Waals surface area (Å²) in [4.78, 5) is 0. The van der Waals surface area contributed by atoms with Crippen LogP contribution in [0.15, 0.2) is 0 Å². The van der Waals surface area contributed by atoms with Gasteiger partial charge in [0.15, 0.2) is 0 Å². The maximum Gasteiger partial charge on any atom is 0.147 e. The van der Waals surface area contributed by atoms with Gasteiger partial charge in [0.25, 0.3) is 0 Å². The topological polar surface area (TPSA) is 34.1 Å². The largest absolute Gasteiger partial charge is 0.229 e. The predicted octanol–water partition coefficient (Wildman–Crippen LogP) is 4.18. The summed E-state index contributed by atoms with van der Waals surface area (Å²) >= 11 is 3.61. The Morgan fingerprint density at radius 3 is 2.33 bits per heavy atom. The molecule has 0 unspecified atom stereocenters. The second-order valence-electron chi connectivity index (χ2n) is 6.10. The van der Waals surface area contributed by atoms with Crippen molar-refractivity contribution in [1.29, 1.82) is 0 Å². The van der Waals surface area contributed by atoms with Gasteiger partial charge in [-0.05, 0) is 43.4 Å². The molecule has 2 nitrogen and oxygen atoms in total. The van der Waals surface area contributed by atoms with Crippen molar-refractivity contribution >= 4 is 25.8 Å². The molecule has 1 aliphatic carbocycles. The van der Waals surface area contributed by atoms with Crippen molar-refractivity contribution in [2.24, 2.45) is 11.3 Å². The van der Waals surface area contributed by atoms with Gasteiger partial charge in [0.2, 0.25) is 0 Å². The van der Waals surface area contributed by atoms with E-state index in [-0.39, 0.29) is 5.41 Å². The Morgan fingerprint density at radius 2 is 1.89 bits per heavy atom. The molecule has 0 saturated heterocycles. The van der Waals surface area contributed by atoms with E-state index < -0.39 is 9.84 Å². The van der Waals surface area contributed by atoms with Gasteiger partial charge in [-0.15, -0.1) is 0 Å². The lowest BCUT2D eigenvalue weighted by Crippen LogP contribution is -2.31. The third kappa shape index (κ3) is 5.60. The molecule has 108 valence electrons. The number of unbranched alkanes of at least 4 members (excludes halogenated alkanes) is 1. The Balaban J connectivity index is 2.44. The number of sulfone groups is 1. The number of halogens is 1. The lowest BCUT2D eigenvalue weighted by atomic mass is 9.69. The molecule has 0 bridgehead atoms. The van der Waals surface area contributed by atoms with Gasteiger partial charge in [-0.3, -0.25) is 0 Å². The van der Waals surface area contributed by atoms with Crippen LogP contribution in [0, 0.1) is 11.3 Å². The van der Waals surface area contributed by atoms with E-state index in [1.165, 1.54) is 51.2 Å². The molecule has 18 heavy (non-hydrogen) atoms. The van der Waals surface area contributed by atoms with Gasteiger partial charge in [-0.25, -0.2) is 8.42 Å². The molecular formula is C14H27BrO2S. The smallest absolute Gasteiger partial charge is 0.147 e. The van der Waals surface area contributed by atoms with Gasteiger partial charge < -0.3 is 0 Å². The van der Waals surface area contributed by atoms with Gasteiger partial charge >= 0.3 is 0 Å². The van der Waals surface area contributed by atoms with E-state index in [9.17, 15) is 8.42 Å². The van der Waals surface area contributed by atoms with E-state index in [1.807, 2.05) is 0 Å². The lowest BCUT2D eigenvalue weighted by molar-refractivity contribution is 0.164. The van der Waals surface area contributed by atoms with Crippen LogP contribution < -0.4 is 0 Å². The first-order chi connectivity index (χ1) is 8.41. The predicted molar refractivity (Wildman–Crippen MR) is 82.0 cm³/mol. The average Bonchev–Trinajstić information content (AvgIpc) is 2.34. The maximum absolute atomic E-state index is 11.3. The highest BCUT2D eigenvalue weighted by molar-refractivity contribution is 9.09. The zero-order valence-electron chi connectivity index (χ0n) is 11.8. The number of rotatable bonds is 7. The monoisotopic (exact) mass is 338 g/mol. The Hall–Kier alpha value is 0.430. The van der Waals surface area contributed by atoms with Crippen molar-refractivity contribution < 1.29 is 8.42 Å². The first kappa shape index (κ1) is 16.5. The van der Waals surface area contributed by atoms with Crippen molar-refractivity contribution in [3.63, 3.8) is 0 Å². The normalized spacial score (nSPS) is 29.4. The summed E-state index contributed by atoms with van der Waals surface area (Å²) < 4.78 is 22.6. The highest BCUT2D eigenvalue weighted by Crippen LogP contribution is 2.44. The van der Waals surface area contributed by atoms with Crippen LogP contribution in [0.25, 0.3) is 0 Å². The number of hydrogen-bond acceptors (Lipinski definition) is 2. The van der Waals surface area contributed by atoms with Crippen LogP contribution in [0.5, 0.6) is 0 Å². The minimum Gasteiger partial charge on any atom is -0.229 e. The van der Waals surface area contributed by atoms with E-state index in [2.05, 4.69) is 22.9 Å². The van der Waals surface area contributed by atoms with Crippen LogP contribution in [0.4, 0.5) is 0 Å². The number of alkyl halides is 1. The first-order valence-corrected chi connectivity index (χ1v) is 10.3. The van der Waals surface area contributed by atoms with Crippen LogP contribution in [0.1, 0.15) is 58.3 Å². The minimum absolute atomic E-state index is 0.242. The minimum atomic E-state index is -2.82. The van der Waals surface area contributed by atoms with Crippen LogP contribution in [-0.2, 0) is 9.84 Å². The van der Waals surface area contributed by atoms with Crippen molar-refractivity contribution in [3.05, 3.63) is 0 Å². The van der Waals surface area contributed by atoms with Crippen molar-refractivity contribution in [2.75, 3.05) is 17.3 Å². The van der Waals surface area contributed by atoms with Crippen LogP contribution in [0.2, 0.25) is 0 Å². The fraction of sp³-hybridized carbons (Fsp3) is 1.00. The third-order valence-electron chi connectivity index (χ3n) is 4.42. The fourth-order valence-corrected chi connectivity index (χ4v) is 4.57. The van der Waals surface area contributed by atoms with E-state index in [4.69, 9.17) is 0 Å². The van der Waals surface area contributed by atoms with Gasteiger partial charge in [0, 0.05) is 11.6 Å². The third-order valence-corrected chi connectivity index (χ3v) is 6.55.